The van der Waals surface area contributed by atoms with Gasteiger partial charge >= 0.3 is 0 Å². The van der Waals surface area contributed by atoms with Crippen LogP contribution in [0.2, 0.25) is 0 Å². The molecule has 0 saturated carbocycles. The summed E-state index contributed by atoms with van der Waals surface area (Å²) in [7, 11) is 37.9. The van der Waals surface area contributed by atoms with E-state index < -0.39 is 31.9 Å². The van der Waals surface area contributed by atoms with Crippen LogP contribution in [-0.2, 0) is 18.0 Å². The highest BCUT2D eigenvalue weighted by Crippen LogP contribution is 2.36. The van der Waals surface area contributed by atoms with E-state index >= 15 is 0 Å². The van der Waals surface area contributed by atoms with Gasteiger partial charge in [-0.1, -0.05) is 97.9 Å². The first-order valence-corrected chi connectivity index (χ1v) is 16.1. The Bertz CT molecular complexity index is 1570. The van der Waals surface area contributed by atoms with Gasteiger partial charge in [0.25, 0.3) is 0 Å². The number of hydrogen-bond donors (Lipinski definition) is 0. The van der Waals surface area contributed by atoms with Crippen LogP contribution in [0.1, 0.15) is 55.3 Å². The molecule has 0 fully saturated rings. The van der Waals surface area contributed by atoms with Gasteiger partial charge in [-0.3, -0.25) is 0 Å². The molecule has 0 aliphatic heterocycles. The van der Waals surface area contributed by atoms with Crippen molar-refractivity contribution in [2.45, 2.75) is 51.9 Å². The van der Waals surface area contributed by atoms with Gasteiger partial charge in [0.05, 0.1) is 13.2 Å². The number of aromatic nitrogens is 1. The molecule has 0 N–H and O–H groups in total. The minimum atomic E-state index is -0.723. The van der Waals surface area contributed by atoms with Crippen LogP contribution < -0.4 is 0 Å². The maximum absolute atomic E-state index is 5.92. The molecule has 2 nitrogen and oxygen atoms in total. The molecule has 5 rings (SSSR count). The fraction of sp³-hybridized carbons (Fsp3) is 0.250. The van der Waals surface area contributed by atoms with E-state index in [4.69, 9.17) is 58.9 Å². The lowest BCUT2D eigenvalue weighted by Crippen LogP contribution is -2.67. The molecule has 0 bridgehead atoms. The zero-order chi connectivity index (χ0) is 33.2. The van der Waals surface area contributed by atoms with Crippen LogP contribution in [0.15, 0.2) is 103 Å². The summed E-state index contributed by atoms with van der Waals surface area (Å²) >= 11 is 0. The van der Waals surface area contributed by atoms with Crippen molar-refractivity contribution < 1.29 is 4.74 Å². The first kappa shape index (κ1) is 36.3. The first-order chi connectivity index (χ1) is 22.1. The molecule has 0 spiro atoms. The zero-order valence-electron chi connectivity index (χ0n) is 27.1. The van der Waals surface area contributed by atoms with E-state index in [0.29, 0.717) is 25.2 Å². The molecule has 2 unspecified atom stereocenters. The Hall–Kier alpha value is -2.58. The molecule has 2 atom stereocenters. The second kappa shape index (κ2) is 17.5. The number of ether oxygens (including phenoxy) is 1. The monoisotopic (exact) mass is 579 g/mol. The molecule has 0 saturated heterocycles. The molecule has 14 heteroatoms. The number of benzene rings is 4. The van der Waals surface area contributed by atoms with Gasteiger partial charge in [0.15, 0.2) is 0 Å². The minimum Gasteiger partial charge on any atom is -0.372 e. The maximum Gasteiger partial charge on any atom is 0.0721 e. The Kier molecular flexibility index (Phi) is 13.8. The summed E-state index contributed by atoms with van der Waals surface area (Å²) < 4.78 is 8.47. The second-order valence-corrected chi connectivity index (χ2v) is 12.2. The lowest BCUT2D eigenvalue weighted by atomic mass is 8.53. The van der Waals surface area contributed by atoms with Gasteiger partial charge < -0.3 is 9.30 Å². The van der Waals surface area contributed by atoms with Crippen molar-refractivity contribution in [2.24, 2.45) is 0 Å². The predicted octanol–water partition coefficient (Wildman–Crippen LogP) is 4.09. The average molecular weight is 577 g/mol. The largest absolute Gasteiger partial charge is 0.372 e. The molecule has 1 aromatic heterocycles. The van der Waals surface area contributed by atoms with Crippen LogP contribution in [0.4, 0.5) is 0 Å². The highest BCUT2D eigenvalue weighted by molar-refractivity contribution is 8.05. The number of hydrogen-bond acceptors (Lipinski definition) is 1. The van der Waals surface area contributed by atoms with Gasteiger partial charge in [-0.2, -0.15) is 0 Å². The van der Waals surface area contributed by atoms with Crippen molar-refractivity contribution in [1.29, 1.82) is 0 Å². The molecule has 0 aliphatic rings. The topological polar surface area (TPSA) is 14.2 Å². The summed E-state index contributed by atoms with van der Waals surface area (Å²) in [4.78, 5) is 0. The predicted molar refractivity (Wildman–Crippen MR) is 212 cm³/mol. The van der Waals surface area contributed by atoms with Crippen LogP contribution in [0.3, 0.4) is 0 Å². The van der Waals surface area contributed by atoms with E-state index in [1.54, 1.807) is 0 Å². The maximum atomic E-state index is 5.92. The number of rotatable bonds is 13. The first-order valence-electron chi connectivity index (χ1n) is 16.1. The molecule has 1 heterocycles. The molecular weight excluding hydrogens is 544 g/mol. The summed E-state index contributed by atoms with van der Waals surface area (Å²) in [5.74, 6) is 0.522. The van der Waals surface area contributed by atoms with Crippen molar-refractivity contribution in [3.8, 4) is 0 Å². The van der Waals surface area contributed by atoms with E-state index in [-0.39, 0.29) is 0 Å². The van der Waals surface area contributed by atoms with Crippen LogP contribution in [0.25, 0.3) is 21.8 Å². The molecule has 5 aromatic rings. The zero-order valence-corrected chi connectivity index (χ0v) is 27.1. The van der Waals surface area contributed by atoms with Crippen molar-refractivity contribution >= 4 is 108 Å². The van der Waals surface area contributed by atoms with Crippen molar-refractivity contribution in [2.75, 3.05) is 0 Å². The standard InChI is InChI=1S/C32H33NO.B12/c1-3-27(28-19-17-26(18-20-28)23-34-22-25-11-5-4-6-12-25)21-24(2)33-31-15-9-7-13-29(31)30-14-8-10-16-32(30)33;1-8(2)11(7)12(9(3)4)10(5)6/h4-20,24,27H,3,21-23H2,1-2H3;. The van der Waals surface area contributed by atoms with E-state index in [2.05, 4.69) is 115 Å². The molecular formula is C32H33B12NO. The fourth-order valence-electron chi connectivity index (χ4n) is 6.26. The molecule has 0 aliphatic carbocycles. The number of fused-ring (bicyclic) bond motifs is 3. The van der Waals surface area contributed by atoms with E-state index in [1.165, 1.54) is 38.5 Å². The molecule has 0 amide bonds. The Morgan fingerprint density at radius 2 is 1.09 bits per heavy atom. The third-order valence-electron chi connectivity index (χ3n) is 8.79. The van der Waals surface area contributed by atoms with Crippen LogP contribution >= 0.6 is 0 Å². The van der Waals surface area contributed by atoms with Crippen molar-refractivity contribution in [3.63, 3.8) is 0 Å². The van der Waals surface area contributed by atoms with Gasteiger partial charge in [0.1, 0.15) is 0 Å². The molecule has 14 radical (unpaired) electrons. The van der Waals surface area contributed by atoms with Crippen LogP contribution in [0.5, 0.6) is 0 Å². The Balaban J connectivity index is 0.000000342. The second-order valence-electron chi connectivity index (χ2n) is 12.2. The highest BCUT2D eigenvalue weighted by Gasteiger charge is 2.30. The van der Waals surface area contributed by atoms with E-state index in [9.17, 15) is 0 Å². The highest BCUT2D eigenvalue weighted by atomic mass is 16.5. The Morgan fingerprint density at radius 3 is 1.54 bits per heavy atom. The van der Waals surface area contributed by atoms with Gasteiger partial charge in [-0.25, -0.2) is 0 Å². The third-order valence-corrected chi connectivity index (χ3v) is 8.79. The summed E-state index contributed by atoms with van der Waals surface area (Å²) in [6.07, 6.45) is -0.979. The van der Waals surface area contributed by atoms with Crippen LogP contribution in [-0.4, -0.2) is 90.7 Å². The van der Waals surface area contributed by atoms with Gasteiger partial charge in [-0.15, -0.1) is 0 Å². The smallest absolute Gasteiger partial charge is 0.0721 e. The summed E-state index contributed by atoms with van der Waals surface area (Å²) in [5.41, 5.74) is 6.52. The van der Waals surface area contributed by atoms with Gasteiger partial charge in [0.2, 0.25) is 0 Å². The normalized spacial score (nSPS) is 12.1. The summed E-state index contributed by atoms with van der Waals surface area (Å²) in [5, 5.41) is 2.69. The van der Waals surface area contributed by atoms with E-state index in [0.717, 1.165) is 12.8 Å². The quantitative estimate of drug-likeness (QED) is 0.193. The molecule has 4 aromatic carbocycles. The SMILES string of the molecule is CCC(CC(C)n1c2ccccc2c2ccccc21)c1ccc(COCc2ccccc2)cc1.[B]B([B])B([B])B(B([B])[B])B([B])[B]. The van der Waals surface area contributed by atoms with Crippen LogP contribution in [0, 0.1) is 0 Å². The minimum absolute atomic E-state index is 0.406. The lowest BCUT2D eigenvalue weighted by Gasteiger charge is -2.29. The van der Waals surface area contributed by atoms with Gasteiger partial charge in [-0.05, 0) is 54.5 Å². The fourth-order valence-corrected chi connectivity index (χ4v) is 6.26. The lowest BCUT2D eigenvalue weighted by molar-refractivity contribution is 0.107. The Labute approximate surface area is 287 Å². The van der Waals surface area contributed by atoms with Gasteiger partial charge in [0, 0.05) is 114 Å². The van der Waals surface area contributed by atoms with E-state index in [1.807, 2.05) is 6.07 Å². The van der Waals surface area contributed by atoms with Crippen molar-refractivity contribution in [1.82, 2.24) is 4.57 Å². The summed E-state index contributed by atoms with van der Waals surface area (Å²) in [6, 6.07) is 37.4. The average Bonchev–Trinajstić information content (AvgIpc) is 3.39. The number of nitrogens with zero attached hydrogens (tertiary/aromatic N) is 1. The molecule has 208 valence electrons. The molecule has 46 heavy (non-hydrogen) atoms. The Morgan fingerprint density at radius 1 is 0.609 bits per heavy atom. The summed E-state index contributed by atoms with van der Waals surface area (Å²) in [6.45, 7) is 5.97. The third kappa shape index (κ3) is 9.27. The van der Waals surface area contributed by atoms with Crippen molar-refractivity contribution in [3.05, 3.63) is 120 Å². The number of para-hydroxylation sites is 2.